The second-order valence-electron chi connectivity index (χ2n) is 7.56. The Morgan fingerprint density at radius 3 is 2.67 bits per heavy atom. The quantitative estimate of drug-likeness (QED) is 0.706. The van der Waals surface area contributed by atoms with Crippen LogP contribution in [0.4, 0.5) is 5.69 Å². The minimum absolute atomic E-state index is 0.183. The molecule has 2 saturated heterocycles. The fourth-order valence-electron chi connectivity index (χ4n) is 4.52. The molecule has 4 heterocycles. The number of H-pyrrole nitrogens is 1. The normalized spacial score (nSPS) is 19.0. The molecule has 0 atom stereocenters. The van der Waals surface area contributed by atoms with Crippen LogP contribution in [-0.2, 0) is 4.79 Å². The fourth-order valence-corrected chi connectivity index (χ4v) is 4.79. The van der Waals surface area contributed by atoms with E-state index in [1.807, 2.05) is 18.3 Å². The number of para-hydroxylation sites is 1. The highest BCUT2D eigenvalue weighted by molar-refractivity contribution is 6.33. The summed E-state index contributed by atoms with van der Waals surface area (Å²) in [6.45, 7) is 2.45. The van der Waals surface area contributed by atoms with E-state index in [1.165, 1.54) is 5.39 Å². The van der Waals surface area contributed by atoms with E-state index >= 15 is 0 Å². The molecule has 138 valence electrons. The first-order valence-electron chi connectivity index (χ1n) is 9.41. The Balaban J connectivity index is 1.51. The molecule has 3 aromatic rings. The van der Waals surface area contributed by atoms with Crippen molar-refractivity contribution < 1.29 is 4.79 Å². The predicted octanol–water partition coefficient (Wildman–Crippen LogP) is 3.99. The second-order valence-corrected chi connectivity index (χ2v) is 7.97. The largest absolute Gasteiger partial charge is 0.370 e. The number of hydrogen-bond donors (Lipinski definition) is 2. The number of pyridine rings is 1. The molecule has 0 unspecified atom stereocenters. The van der Waals surface area contributed by atoms with Crippen LogP contribution in [0.25, 0.3) is 22.2 Å². The Kier molecular flexibility index (Phi) is 3.86. The maximum Gasteiger partial charge on any atom is 0.226 e. The molecule has 1 spiro atoms. The minimum Gasteiger partial charge on any atom is -0.370 e. The molecular formula is C21H21ClN4O. The number of aromatic nitrogens is 2. The highest BCUT2D eigenvalue weighted by atomic mass is 35.5. The van der Waals surface area contributed by atoms with Crippen LogP contribution in [0.2, 0.25) is 5.02 Å². The van der Waals surface area contributed by atoms with E-state index in [0.717, 1.165) is 61.4 Å². The smallest absolute Gasteiger partial charge is 0.226 e. The summed E-state index contributed by atoms with van der Waals surface area (Å²) in [5.41, 5.74) is 3.94. The highest BCUT2D eigenvalue weighted by Gasteiger charge is 2.44. The summed E-state index contributed by atoms with van der Waals surface area (Å²) < 4.78 is 0. The van der Waals surface area contributed by atoms with E-state index in [4.69, 9.17) is 11.6 Å². The average Bonchev–Trinajstić information content (AvgIpc) is 3.27. The number of rotatable bonds is 2. The molecular weight excluding hydrogens is 360 g/mol. The third-order valence-corrected chi connectivity index (χ3v) is 6.38. The van der Waals surface area contributed by atoms with Gasteiger partial charge in [-0.25, -0.2) is 0 Å². The van der Waals surface area contributed by atoms with Gasteiger partial charge in [-0.1, -0.05) is 29.8 Å². The van der Waals surface area contributed by atoms with Crippen LogP contribution in [0.15, 0.2) is 42.7 Å². The molecule has 0 radical (unpaired) electrons. The molecule has 5 nitrogen and oxygen atoms in total. The van der Waals surface area contributed by atoms with E-state index in [2.05, 4.69) is 38.4 Å². The first-order chi connectivity index (χ1) is 13.2. The van der Waals surface area contributed by atoms with Crippen LogP contribution < -0.4 is 10.2 Å². The standard InChI is InChI=1S/C21H21ClN4O/c22-16-13-23-12-15(18-11-14-3-1-2-4-17(14)25-18)19(16)26-9-6-21(7-10-26)5-8-24-20(21)27/h1-4,11-13,25H,5-10H2,(H,24,27). The van der Waals surface area contributed by atoms with E-state index in [0.29, 0.717) is 5.02 Å². The van der Waals surface area contributed by atoms with Crippen LogP contribution in [0.3, 0.4) is 0 Å². The van der Waals surface area contributed by atoms with E-state index < -0.39 is 0 Å². The van der Waals surface area contributed by atoms with Crippen molar-refractivity contribution in [3.63, 3.8) is 0 Å². The van der Waals surface area contributed by atoms with Crippen LogP contribution >= 0.6 is 11.6 Å². The van der Waals surface area contributed by atoms with Gasteiger partial charge >= 0.3 is 0 Å². The number of fused-ring (bicyclic) bond motifs is 1. The summed E-state index contributed by atoms with van der Waals surface area (Å²) >= 11 is 6.59. The lowest BCUT2D eigenvalue weighted by Gasteiger charge is -2.39. The predicted molar refractivity (Wildman–Crippen MR) is 108 cm³/mol. The number of nitrogens with one attached hydrogen (secondary N) is 2. The summed E-state index contributed by atoms with van der Waals surface area (Å²) in [5.74, 6) is 0.221. The van der Waals surface area contributed by atoms with E-state index in [1.54, 1.807) is 6.20 Å². The molecule has 5 rings (SSSR count). The lowest BCUT2D eigenvalue weighted by molar-refractivity contribution is -0.128. The number of nitrogens with zero attached hydrogens (tertiary/aromatic N) is 2. The van der Waals surface area contributed by atoms with Gasteiger partial charge in [0.05, 0.1) is 21.8 Å². The number of carbonyl (C=O) groups is 1. The van der Waals surface area contributed by atoms with Crippen molar-refractivity contribution in [1.82, 2.24) is 15.3 Å². The maximum absolute atomic E-state index is 12.3. The topological polar surface area (TPSA) is 61.0 Å². The van der Waals surface area contributed by atoms with Gasteiger partial charge in [0, 0.05) is 48.5 Å². The van der Waals surface area contributed by atoms with Gasteiger partial charge in [0.1, 0.15) is 0 Å². The number of anilines is 1. The molecule has 1 amide bonds. The molecule has 2 aliphatic heterocycles. The van der Waals surface area contributed by atoms with Gasteiger partial charge in [-0.2, -0.15) is 0 Å². The Morgan fingerprint density at radius 2 is 1.93 bits per heavy atom. The zero-order valence-electron chi connectivity index (χ0n) is 15.0. The highest BCUT2D eigenvalue weighted by Crippen LogP contribution is 2.43. The summed E-state index contributed by atoms with van der Waals surface area (Å²) in [6, 6.07) is 10.4. The van der Waals surface area contributed by atoms with Crippen molar-refractivity contribution in [3.8, 4) is 11.3 Å². The SMILES string of the molecule is O=C1NCCC12CCN(c1c(Cl)cncc1-c1cc3ccccc3[nH]1)CC2. The van der Waals surface area contributed by atoms with Gasteiger partial charge in [0.2, 0.25) is 5.91 Å². The molecule has 2 N–H and O–H groups in total. The van der Waals surface area contributed by atoms with Crippen molar-refractivity contribution in [1.29, 1.82) is 0 Å². The molecule has 6 heteroatoms. The van der Waals surface area contributed by atoms with Crippen molar-refractivity contribution in [3.05, 3.63) is 47.7 Å². The van der Waals surface area contributed by atoms with E-state index in [9.17, 15) is 4.79 Å². The third-order valence-electron chi connectivity index (χ3n) is 6.10. The van der Waals surface area contributed by atoms with Crippen molar-refractivity contribution in [2.24, 2.45) is 5.41 Å². The zero-order chi connectivity index (χ0) is 18.4. The molecule has 27 heavy (non-hydrogen) atoms. The number of hydrogen-bond acceptors (Lipinski definition) is 3. The Bertz CT molecular complexity index is 987. The molecule has 0 bridgehead atoms. The summed E-state index contributed by atoms with van der Waals surface area (Å²) in [6.07, 6.45) is 6.25. The van der Waals surface area contributed by atoms with Crippen LogP contribution in [-0.4, -0.2) is 35.5 Å². The first-order valence-corrected chi connectivity index (χ1v) is 9.79. The minimum atomic E-state index is -0.183. The Hall–Kier alpha value is -2.53. The average molecular weight is 381 g/mol. The van der Waals surface area contributed by atoms with Crippen LogP contribution in [0.5, 0.6) is 0 Å². The molecule has 0 saturated carbocycles. The Labute approximate surface area is 162 Å². The molecule has 0 aliphatic carbocycles. The monoisotopic (exact) mass is 380 g/mol. The number of halogens is 1. The summed E-state index contributed by atoms with van der Waals surface area (Å²) in [7, 11) is 0. The molecule has 2 aromatic heterocycles. The van der Waals surface area contributed by atoms with Gasteiger partial charge in [0.25, 0.3) is 0 Å². The van der Waals surface area contributed by atoms with Crippen molar-refractivity contribution in [2.75, 3.05) is 24.5 Å². The van der Waals surface area contributed by atoms with Crippen molar-refractivity contribution >= 4 is 34.1 Å². The van der Waals surface area contributed by atoms with E-state index in [-0.39, 0.29) is 11.3 Å². The first kappa shape index (κ1) is 16.6. The van der Waals surface area contributed by atoms with Gasteiger partial charge in [-0.3, -0.25) is 9.78 Å². The number of amides is 1. The lowest BCUT2D eigenvalue weighted by atomic mass is 9.77. The maximum atomic E-state index is 12.3. The molecule has 1 aromatic carbocycles. The molecule has 2 aliphatic rings. The zero-order valence-corrected chi connectivity index (χ0v) is 15.7. The second kappa shape index (κ2) is 6.27. The summed E-state index contributed by atoms with van der Waals surface area (Å²) in [5, 5.41) is 4.82. The number of carbonyl (C=O) groups excluding carboxylic acids is 1. The van der Waals surface area contributed by atoms with Gasteiger partial charge in [-0.15, -0.1) is 0 Å². The number of piperidine rings is 1. The van der Waals surface area contributed by atoms with Crippen molar-refractivity contribution in [2.45, 2.75) is 19.3 Å². The lowest BCUT2D eigenvalue weighted by Crippen LogP contribution is -2.44. The number of aromatic amines is 1. The van der Waals surface area contributed by atoms with Gasteiger partial charge < -0.3 is 15.2 Å². The number of benzene rings is 1. The van der Waals surface area contributed by atoms with Crippen LogP contribution in [0, 0.1) is 5.41 Å². The van der Waals surface area contributed by atoms with Gasteiger partial charge in [0.15, 0.2) is 0 Å². The fraction of sp³-hybridized carbons (Fsp3) is 0.333. The third kappa shape index (κ3) is 2.69. The summed E-state index contributed by atoms with van der Waals surface area (Å²) in [4.78, 5) is 22.4. The van der Waals surface area contributed by atoms with Gasteiger partial charge in [-0.05, 0) is 31.4 Å². The molecule has 2 fully saturated rings. The Morgan fingerprint density at radius 1 is 1.11 bits per heavy atom. The van der Waals surface area contributed by atoms with Crippen LogP contribution in [0.1, 0.15) is 19.3 Å².